The number of hydrogen-bond acceptors (Lipinski definition) is 2. The molecule has 0 amide bonds. The van der Waals surface area contributed by atoms with Crippen LogP contribution in [0.2, 0.25) is 0 Å². The maximum Gasteiger partial charge on any atom is 0.0397 e. The predicted octanol–water partition coefficient (Wildman–Crippen LogP) is 2.69. The molecule has 1 aliphatic rings. The highest BCUT2D eigenvalue weighted by atomic mass is 79.9. The standard InChI is InChI=1S/C11H15BrN2/c1-9-4-7-14(8-11(9)12)10-2-5-13-6-3-10/h2-3,5-6,9,11H,4,7-8H2,1H3. The summed E-state index contributed by atoms with van der Waals surface area (Å²) < 4.78 is 0. The Bertz CT molecular complexity index is 289. The molecule has 0 aliphatic carbocycles. The molecule has 2 unspecified atom stereocenters. The number of anilines is 1. The Balaban J connectivity index is 2.07. The van der Waals surface area contributed by atoms with Crippen LogP contribution < -0.4 is 4.90 Å². The second-order valence-electron chi connectivity index (χ2n) is 3.93. The van der Waals surface area contributed by atoms with E-state index < -0.39 is 0 Å². The molecule has 3 heteroatoms. The fraction of sp³-hybridized carbons (Fsp3) is 0.545. The van der Waals surface area contributed by atoms with Crippen molar-refractivity contribution < 1.29 is 0 Å². The van der Waals surface area contributed by atoms with Crippen molar-refractivity contribution in [1.82, 2.24) is 4.98 Å². The fourth-order valence-electron chi connectivity index (χ4n) is 1.81. The van der Waals surface area contributed by atoms with Gasteiger partial charge in [0.05, 0.1) is 0 Å². The Kier molecular flexibility index (Phi) is 3.06. The minimum atomic E-state index is 0.615. The number of hydrogen-bond donors (Lipinski definition) is 0. The number of halogens is 1. The third kappa shape index (κ3) is 2.08. The van der Waals surface area contributed by atoms with Crippen LogP contribution in [0.5, 0.6) is 0 Å². The summed E-state index contributed by atoms with van der Waals surface area (Å²) in [5.41, 5.74) is 1.29. The van der Waals surface area contributed by atoms with Crippen LogP contribution in [-0.4, -0.2) is 22.9 Å². The predicted molar refractivity (Wildman–Crippen MR) is 62.9 cm³/mol. The van der Waals surface area contributed by atoms with Gasteiger partial charge in [-0.2, -0.15) is 0 Å². The average Bonchev–Trinajstić information content (AvgIpc) is 2.23. The van der Waals surface area contributed by atoms with Crippen molar-refractivity contribution in [3.8, 4) is 0 Å². The minimum Gasteiger partial charge on any atom is -0.370 e. The lowest BCUT2D eigenvalue weighted by Crippen LogP contribution is -2.40. The molecule has 1 aliphatic heterocycles. The summed E-state index contributed by atoms with van der Waals surface area (Å²) in [5, 5.41) is 0. The third-order valence-electron chi connectivity index (χ3n) is 2.89. The average molecular weight is 255 g/mol. The second-order valence-corrected chi connectivity index (χ2v) is 5.11. The molecule has 0 saturated carbocycles. The van der Waals surface area contributed by atoms with E-state index in [-0.39, 0.29) is 0 Å². The number of piperidine rings is 1. The highest BCUT2D eigenvalue weighted by Crippen LogP contribution is 2.26. The van der Waals surface area contributed by atoms with Gasteiger partial charge >= 0.3 is 0 Å². The zero-order chi connectivity index (χ0) is 9.97. The maximum absolute atomic E-state index is 4.04. The summed E-state index contributed by atoms with van der Waals surface area (Å²) in [6.07, 6.45) is 4.98. The molecular formula is C11H15BrN2. The van der Waals surface area contributed by atoms with Crippen molar-refractivity contribution in [1.29, 1.82) is 0 Å². The van der Waals surface area contributed by atoms with E-state index in [9.17, 15) is 0 Å². The van der Waals surface area contributed by atoms with E-state index in [1.165, 1.54) is 12.1 Å². The number of nitrogens with zero attached hydrogens (tertiary/aromatic N) is 2. The molecule has 1 aromatic heterocycles. The van der Waals surface area contributed by atoms with Gasteiger partial charge in [-0.3, -0.25) is 4.98 Å². The highest BCUT2D eigenvalue weighted by Gasteiger charge is 2.23. The molecule has 1 fully saturated rings. The van der Waals surface area contributed by atoms with E-state index in [4.69, 9.17) is 0 Å². The SMILES string of the molecule is CC1CCN(c2ccncc2)CC1Br. The third-order valence-corrected chi connectivity index (χ3v) is 4.09. The summed E-state index contributed by atoms with van der Waals surface area (Å²) in [6, 6.07) is 4.16. The molecule has 0 N–H and O–H groups in total. The van der Waals surface area contributed by atoms with E-state index in [0.717, 1.165) is 19.0 Å². The lowest BCUT2D eigenvalue weighted by Gasteiger charge is -2.35. The number of alkyl halides is 1. The first-order valence-corrected chi connectivity index (χ1v) is 5.98. The molecule has 0 radical (unpaired) electrons. The lowest BCUT2D eigenvalue weighted by molar-refractivity contribution is 0.456. The van der Waals surface area contributed by atoms with Crippen LogP contribution in [0, 0.1) is 5.92 Å². The van der Waals surface area contributed by atoms with Crippen LogP contribution in [-0.2, 0) is 0 Å². The molecule has 2 rings (SSSR count). The molecule has 2 heterocycles. The van der Waals surface area contributed by atoms with Gasteiger partial charge in [0.25, 0.3) is 0 Å². The van der Waals surface area contributed by atoms with E-state index in [1.54, 1.807) is 0 Å². The first-order chi connectivity index (χ1) is 6.77. The summed E-state index contributed by atoms with van der Waals surface area (Å²) >= 11 is 3.73. The molecule has 2 nitrogen and oxygen atoms in total. The zero-order valence-corrected chi connectivity index (χ0v) is 9.94. The minimum absolute atomic E-state index is 0.615. The molecule has 0 bridgehead atoms. The van der Waals surface area contributed by atoms with E-state index in [1.807, 2.05) is 12.4 Å². The largest absolute Gasteiger partial charge is 0.370 e. The normalized spacial score (nSPS) is 27.7. The summed E-state index contributed by atoms with van der Waals surface area (Å²) in [6.45, 7) is 4.57. The van der Waals surface area contributed by atoms with Crippen LogP contribution in [0.4, 0.5) is 5.69 Å². The van der Waals surface area contributed by atoms with Crippen LogP contribution in [0.15, 0.2) is 24.5 Å². The van der Waals surface area contributed by atoms with E-state index in [2.05, 4.69) is 44.9 Å². The summed E-state index contributed by atoms with van der Waals surface area (Å²) in [5.74, 6) is 0.785. The van der Waals surface area contributed by atoms with Crippen molar-refractivity contribution in [3.63, 3.8) is 0 Å². The van der Waals surface area contributed by atoms with Gasteiger partial charge in [0, 0.05) is 36.0 Å². The lowest BCUT2D eigenvalue weighted by atomic mass is 9.99. The fourth-order valence-corrected chi connectivity index (χ4v) is 2.43. The number of pyridine rings is 1. The molecule has 2 atom stereocenters. The summed E-state index contributed by atoms with van der Waals surface area (Å²) in [4.78, 5) is 7.07. The van der Waals surface area contributed by atoms with Crippen LogP contribution >= 0.6 is 15.9 Å². The van der Waals surface area contributed by atoms with Gasteiger partial charge < -0.3 is 4.90 Å². The first kappa shape index (κ1) is 9.97. The van der Waals surface area contributed by atoms with Crippen molar-refractivity contribution in [2.24, 2.45) is 5.92 Å². The molecule has 0 spiro atoms. The van der Waals surface area contributed by atoms with Crippen LogP contribution in [0.25, 0.3) is 0 Å². The zero-order valence-electron chi connectivity index (χ0n) is 8.36. The van der Waals surface area contributed by atoms with E-state index >= 15 is 0 Å². The smallest absolute Gasteiger partial charge is 0.0397 e. The molecule has 14 heavy (non-hydrogen) atoms. The summed E-state index contributed by atoms with van der Waals surface area (Å²) in [7, 11) is 0. The topological polar surface area (TPSA) is 16.1 Å². The van der Waals surface area contributed by atoms with Crippen LogP contribution in [0.1, 0.15) is 13.3 Å². The van der Waals surface area contributed by atoms with Gasteiger partial charge in [0.2, 0.25) is 0 Å². The Morgan fingerprint density at radius 1 is 1.43 bits per heavy atom. The van der Waals surface area contributed by atoms with Crippen LogP contribution in [0.3, 0.4) is 0 Å². The number of rotatable bonds is 1. The maximum atomic E-state index is 4.04. The van der Waals surface area contributed by atoms with Gasteiger partial charge in [0.1, 0.15) is 0 Å². The van der Waals surface area contributed by atoms with Crippen molar-refractivity contribution in [2.45, 2.75) is 18.2 Å². The Morgan fingerprint density at radius 2 is 2.14 bits per heavy atom. The quantitative estimate of drug-likeness (QED) is 0.717. The van der Waals surface area contributed by atoms with Gasteiger partial charge in [-0.05, 0) is 24.5 Å². The highest BCUT2D eigenvalue weighted by molar-refractivity contribution is 9.09. The van der Waals surface area contributed by atoms with Gasteiger partial charge in [-0.15, -0.1) is 0 Å². The van der Waals surface area contributed by atoms with E-state index in [0.29, 0.717) is 4.83 Å². The first-order valence-electron chi connectivity index (χ1n) is 5.06. The Morgan fingerprint density at radius 3 is 2.79 bits per heavy atom. The number of aromatic nitrogens is 1. The molecule has 1 saturated heterocycles. The molecular weight excluding hydrogens is 240 g/mol. The van der Waals surface area contributed by atoms with Crippen molar-refractivity contribution in [3.05, 3.63) is 24.5 Å². The van der Waals surface area contributed by atoms with Gasteiger partial charge in [-0.25, -0.2) is 0 Å². The molecule has 1 aromatic rings. The van der Waals surface area contributed by atoms with Crippen molar-refractivity contribution in [2.75, 3.05) is 18.0 Å². The second kappa shape index (κ2) is 4.30. The monoisotopic (exact) mass is 254 g/mol. The molecule has 0 aromatic carbocycles. The Hall–Kier alpha value is -0.570. The van der Waals surface area contributed by atoms with Crippen molar-refractivity contribution >= 4 is 21.6 Å². The van der Waals surface area contributed by atoms with Gasteiger partial charge in [0.15, 0.2) is 0 Å². The van der Waals surface area contributed by atoms with Gasteiger partial charge in [-0.1, -0.05) is 22.9 Å². The molecule has 76 valence electrons. The Labute approximate surface area is 93.5 Å².